The molecule has 0 spiro atoms. The zero-order valence-electron chi connectivity index (χ0n) is 12.6. The van der Waals surface area contributed by atoms with Gasteiger partial charge in [0.2, 0.25) is 5.91 Å². The Hall–Kier alpha value is -1.86. The quantitative estimate of drug-likeness (QED) is 0.771. The van der Waals surface area contributed by atoms with Gasteiger partial charge in [0.05, 0.1) is 5.69 Å². The molecule has 6 nitrogen and oxygen atoms in total. The van der Waals surface area contributed by atoms with Crippen molar-refractivity contribution in [2.45, 2.75) is 6.42 Å². The molecule has 0 fully saturated rings. The van der Waals surface area contributed by atoms with Crippen LogP contribution in [0.1, 0.15) is 6.42 Å². The average molecular weight is 380 g/mol. The number of nitrogens with one attached hydrogen (secondary N) is 2. The van der Waals surface area contributed by atoms with Gasteiger partial charge in [-0.3, -0.25) is 14.5 Å². The summed E-state index contributed by atoms with van der Waals surface area (Å²) in [6.07, 6.45) is 3.03. The largest absolute Gasteiger partial charge is 0.482 e. The third-order valence-electron chi connectivity index (χ3n) is 3.84. The highest BCUT2D eigenvalue weighted by Crippen LogP contribution is 2.34. The van der Waals surface area contributed by atoms with Gasteiger partial charge in [-0.15, -0.1) is 0 Å². The highest BCUT2D eigenvalue weighted by molar-refractivity contribution is 9.10. The Balaban J connectivity index is 1.63. The summed E-state index contributed by atoms with van der Waals surface area (Å²) in [4.78, 5) is 25.7. The summed E-state index contributed by atoms with van der Waals surface area (Å²) in [6, 6.07) is 5.40. The number of carbonyl (C=O) groups is 2. The van der Waals surface area contributed by atoms with E-state index in [1.54, 1.807) is 12.1 Å². The van der Waals surface area contributed by atoms with Crippen LogP contribution in [0.2, 0.25) is 0 Å². The Morgan fingerprint density at radius 1 is 1.43 bits per heavy atom. The van der Waals surface area contributed by atoms with Crippen LogP contribution in [0.15, 0.2) is 34.3 Å². The van der Waals surface area contributed by atoms with Crippen LogP contribution in [0.25, 0.3) is 0 Å². The van der Waals surface area contributed by atoms with Crippen molar-refractivity contribution < 1.29 is 14.3 Å². The lowest BCUT2D eigenvalue weighted by Crippen LogP contribution is -2.45. The number of nitrogens with zero attached hydrogens (tertiary/aromatic N) is 1. The topological polar surface area (TPSA) is 70.7 Å². The number of halogens is 1. The fourth-order valence-corrected chi connectivity index (χ4v) is 2.93. The summed E-state index contributed by atoms with van der Waals surface area (Å²) < 4.78 is 6.28. The van der Waals surface area contributed by atoms with E-state index in [1.807, 2.05) is 6.07 Å². The normalized spacial score (nSPS) is 17.2. The number of hydrogen-bond acceptors (Lipinski definition) is 4. The number of amides is 2. The number of carbonyl (C=O) groups excluding carboxylic acids is 2. The molecule has 0 atom stereocenters. The molecule has 0 aliphatic carbocycles. The van der Waals surface area contributed by atoms with Gasteiger partial charge in [-0.25, -0.2) is 0 Å². The van der Waals surface area contributed by atoms with E-state index in [1.165, 1.54) is 10.5 Å². The molecule has 2 N–H and O–H groups in total. The van der Waals surface area contributed by atoms with E-state index < -0.39 is 0 Å². The zero-order chi connectivity index (χ0) is 16.2. The molecule has 0 saturated heterocycles. The number of ether oxygens (including phenoxy) is 1. The molecule has 2 amide bonds. The third kappa shape index (κ3) is 3.92. The van der Waals surface area contributed by atoms with Gasteiger partial charge in [0.25, 0.3) is 5.91 Å². The second-order valence-electron chi connectivity index (χ2n) is 5.47. The second kappa shape index (κ2) is 7.14. The summed E-state index contributed by atoms with van der Waals surface area (Å²) in [6.45, 7) is 2.27. The standard InChI is InChI=1S/C16H18BrN3O3/c17-12-1-2-13-14(7-12)23-10-16(22)20(13)9-15(21)19-8-11-3-5-18-6-4-11/h1-3,7,18H,4-6,8-10H2,(H,19,21). The maximum atomic E-state index is 12.2. The SMILES string of the molecule is O=C(CN1C(=O)COc2cc(Br)ccc21)NCC1=CCNCC1. The number of benzene rings is 1. The molecule has 1 aromatic rings. The minimum atomic E-state index is -0.212. The summed E-state index contributed by atoms with van der Waals surface area (Å²) in [5, 5.41) is 6.11. The molecule has 122 valence electrons. The third-order valence-corrected chi connectivity index (χ3v) is 4.33. The molecule has 0 aromatic heterocycles. The highest BCUT2D eigenvalue weighted by atomic mass is 79.9. The molecule has 2 aliphatic heterocycles. The molecule has 3 rings (SSSR count). The van der Waals surface area contributed by atoms with Gasteiger partial charge in [-0.05, 0) is 31.2 Å². The first-order chi connectivity index (χ1) is 11.1. The van der Waals surface area contributed by atoms with Crippen LogP contribution >= 0.6 is 15.9 Å². The predicted molar refractivity (Wildman–Crippen MR) is 90.6 cm³/mol. The van der Waals surface area contributed by atoms with Crippen LogP contribution in [0.3, 0.4) is 0 Å². The average Bonchev–Trinajstić information content (AvgIpc) is 2.56. The maximum Gasteiger partial charge on any atom is 0.265 e. The van der Waals surface area contributed by atoms with Crippen molar-refractivity contribution in [1.82, 2.24) is 10.6 Å². The highest BCUT2D eigenvalue weighted by Gasteiger charge is 2.27. The fourth-order valence-electron chi connectivity index (χ4n) is 2.59. The van der Waals surface area contributed by atoms with Crippen LogP contribution in [0.4, 0.5) is 5.69 Å². The van der Waals surface area contributed by atoms with Crippen LogP contribution < -0.4 is 20.3 Å². The Morgan fingerprint density at radius 2 is 2.30 bits per heavy atom. The van der Waals surface area contributed by atoms with E-state index in [4.69, 9.17) is 4.74 Å². The van der Waals surface area contributed by atoms with E-state index in [0.29, 0.717) is 18.0 Å². The van der Waals surface area contributed by atoms with Crippen LogP contribution in [-0.2, 0) is 9.59 Å². The Morgan fingerprint density at radius 3 is 3.09 bits per heavy atom. The molecule has 0 radical (unpaired) electrons. The van der Waals surface area contributed by atoms with E-state index in [9.17, 15) is 9.59 Å². The van der Waals surface area contributed by atoms with Crippen LogP contribution in [-0.4, -0.2) is 44.6 Å². The molecule has 2 heterocycles. The molecule has 23 heavy (non-hydrogen) atoms. The smallest absolute Gasteiger partial charge is 0.265 e. The maximum absolute atomic E-state index is 12.2. The first-order valence-corrected chi connectivity index (χ1v) is 8.31. The van der Waals surface area contributed by atoms with Gasteiger partial charge in [0.15, 0.2) is 6.61 Å². The Bertz CT molecular complexity index is 660. The molecule has 2 aliphatic rings. The Labute approximate surface area is 143 Å². The zero-order valence-corrected chi connectivity index (χ0v) is 14.2. The number of fused-ring (bicyclic) bond motifs is 1. The number of anilines is 1. The molecule has 7 heteroatoms. The lowest BCUT2D eigenvalue weighted by atomic mass is 10.1. The first-order valence-electron chi connectivity index (χ1n) is 7.51. The van der Waals surface area contributed by atoms with Gasteiger partial charge in [-0.2, -0.15) is 0 Å². The summed E-state index contributed by atoms with van der Waals surface area (Å²) in [7, 11) is 0. The first kappa shape index (κ1) is 16.0. The van der Waals surface area contributed by atoms with Crippen LogP contribution in [0, 0.1) is 0 Å². The van der Waals surface area contributed by atoms with E-state index in [2.05, 4.69) is 32.6 Å². The monoisotopic (exact) mass is 379 g/mol. The van der Waals surface area contributed by atoms with Crippen molar-refractivity contribution >= 4 is 33.4 Å². The van der Waals surface area contributed by atoms with Gasteiger partial charge >= 0.3 is 0 Å². The van der Waals surface area contributed by atoms with Gasteiger partial charge in [0.1, 0.15) is 12.3 Å². The predicted octanol–water partition coefficient (Wildman–Crippen LogP) is 1.21. The van der Waals surface area contributed by atoms with Gasteiger partial charge in [0, 0.05) is 17.6 Å². The molecular formula is C16H18BrN3O3. The van der Waals surface area contributed by atoms with Crippen molar-refractivity contribution in [1.29, 1.82) is 0 Å². The summed E-state index contributed by atoms with van der Waals surface area (Å²) >= 11 is 3.37. The van der Waals surface area contributed by atoms with Crippen molar-refractivity contribution in [3.63, 3.8) is 0 Å². The van der Waals surface area contributed by atoms with E-state index in [0.717, 1.165) is 24.0 Å². The van der Waals surface area contributed by atoms with Crippen LogP contribution in [0.5, 0.6) is 5.75 Å². The fraction of sp³-hybridized carbons (Fsp3) is 0.375. The second-order valence-corrected chi connectivity index (χ2v) is 6.39. The van der Waals surface area contributed by atoms with Crippen molar-refractivity contribution in [2.24, 2.45) is 0 Å². The van der Waals surface area contributed by atoms with E-state index >= 15 is 0 Å². The van der Waals surface area contributed by atoms with Crippen molar-refractivity contribution in [2.75, 3.05) is 37.7 Å². The number of hydrogen-bond donors (Lipinski definition) is 2. The Kier molecular flexibility index (Phi) is 4.97. The van der Waals surface area contributed by atoms with Crippen molar-refractivity contribution in [3.05, 3.63) is 34.3 Å². The molecular weight excluding hydrogens is 362 g/mol. The summed E-state index contributed by atoms with van der Waals surface area (Å²) in [5.74, 6) is 0.220. The lowest BCUT2D eigenvalue weighted by molar-refractivity contribution is -0.125. The van der Waals surface area contributed by atoms with Gasteiger partial charge in [-0.1, -0.05) is 27.6 Å². The molecule has 1 aromatic carbocycles. The van der Waals surface area contributed by atoms with Crippen molar-refractivity contribution in [3.8, 4) is 5.75 Å². The minimum absolute atomic E-state index is 0.00234. The molecule has 0 unspecified atom stereocenters. The lowest BCUT2D eigenvalue weighted by Gasteiger charge is -2.29. The number of rotatable bonds is 4. The van der Waals surface area contributed by atoms with Gasteiger partial charge < -0.3 is 15.4 Å². The molecule has 0 saturated carbocycles. The summed E-state index contributed by atoms with van der Waals surface area (Å²) in [5.41, 5.74) is 1.84. The molecule has 0 bridgehead atoms. The van der Waals surface area contributed by atoms with E-state index in [-0.39, 0.29) is 25.0 Å². The minimum Gasteiger partial charge on any atom is -0.482 e.